The van der Waals surface area contributed by atoms with E-state index < -0.39 is 0 Å². The van der Waals surface area contributed by atoms with Crippen molar-refractivity contribution < 1.29 is 14.6 Å². The lowest BCUT2D eigenvalue weighted by Gasteiger charge is -2.32. The largest absolute Gasteiger partial charge is 0.497 e. The predicted molar refractivity (Wildman–Crippen MR) is 98.8 cm³/mol. The maximum absolute atomic E-state index is 12.4. The number of amides is 2. The highest BCUT2D eigenvalue weighted by Gasteiger charge is 2.19. The van der Waals surface area contributed by atoms with Crippen molar-refractivity contribution in [3.05, 3.63) is 29.8 Å². The van der Waals surface area contributed by atoms with Gasteiger partial charge in [-0.05, 0) is 50.6 Å². The van der Waals surface area contributed by atoms with Gasteiger partial charge in [-0.25, -0.2) is 4.79 Å². The van der Waals surface area contributed by atoms with Crippen molar-refractivity contribution >= 4 is 6.03 Å². The summed E-state index contributed by atoms with van der Waals surface area (Å²) in [6.07, 6.45) is 4.72. The predicted octanol–water partition coefficient (Wildman–Crippen LogP) is 2.07. The zero-order valence-electron chi connectivity index (χ0n) is 15.4. The standard InChI is InChI=1S/C19H31N3O3/c1-21-12-4-3-5-17(21)10-11-20-19(24)22(13-14-23)15-16-6-8-18(25-2)9-7-16/h6-9,17,23H,3-5,10-15H2,1-2H3,(H,20,24)/t17-/m1/s1. The van der Waals surface area contributed by atoms with Gasteiger partial charge >= 0.3 is 6.03 Å². The molecule has 0 saturated carbocycles. The first-order valence-electron chi connectivity index (χ1n) is 9.11. The lowest BCUT2D eigenvalue weighted by Crippen LogP contribution is -2.43. The molecule has 0 unspecified atom stereocenters. The number of likely N-dealkylation sites (tertiary alicyclic amines) is 1. The molecule has 0 radical (unpaired) electrons. The summed E-state index contributed by atoms with van der Waals surface area (Å²) in [7, 11) is 3.79. The zero-order chi connectivity index (χ0) is 18.1. The molecule has 0 bridgehead atoms. The zero-order valence-corrected chi connectivity index (χ0v) is 15.4. The van der Waals surface area contributed by atoms with Crippen LogP contribution in [0.3, 0.4) is 0 Å². The van der Waals surface area contributed by atoms with Gasteiger partial charge in [0.1, 0.15) is 5.75 Å². The summed E-state index contributed by atoms with van der Waals surface area (Å²) < 4.78 is 5.15. The number of aliphatic hydroxyl groups is 1. The molecule has 6 nitrogen and oxygen atoms in total. The second-order valence-electron chi connectivity index (χ2n) is 6.64. The molecule has 2 N–H and O–H groups in total. The van der Waals surface area contributed by atoms with Crippen LogP contribution in [-0.4, -0.2) is 67.4 Å². The molecule has 1 aromatic rings. The maximum Gasteiger partial charge on any atom is 0.317 e. The van der Waals surface area contributed by atoms with E-state index in [0.29, 0.717) is 25.7 Å². The highest BCUT2D eigenvalue weighted by molar-refractivity contribution is 5.74. The van der Waals surface area contributed by atoms with Crippen molar-refractivity contribution in [3.63, 3.8) is 0 Å². The summed E-state index contributed by atoms with van der Waals surface area (Å²) in [5, 5.41) is 12.3. The Hall–Kier alpha value is -1.79. The molecule has 1 aromatic carbocycles. The molecule has 0 spiro atoms. The number of nitrogens with one attached hydrogen (secondary N) is 1. The van der Waals surface area contributed by atoms with Crippen molar-refractivity contribution in [1.29, 1.82) is 0 Å². The number of carbonyl (C=O) groups excluding carboxylic acids is 1. The fourth-order valence-electron chi connectivity index (χ4n) is 3.29. The maximum atomic E-state index is 12.4. The number of urea groups is 1. The van der Waals surface area contributed by atoms with Crippen LogP contribution in [0.25, 0.3) is 0 Å². The molecule has 0 aliphatic carbocycles. The third-order valence-corrected chi connectivity index (χ3v) is 4.86. The van der Waals surface area contributed by atoms with Crippen LogP contribution in [0.1, 0.15) is 31.2 Å². The Morgan fingerprint density at radius 2 is 2.12 bits per heavy atom. The summed E-state index contributed by atoms with van der Waals surface area (Å²) in [6.45, 7) is 2.56. The molecule has 2 rings (SSSR count). The Morgan fingerprint density at radius 3 is 2.76 bits per heavy atom. The van der Waals surface area contributed by atoms with E-state index in [9.17, 15) is 9.90 Å². The number of carbonyl (C=O) groups is 1. The number of piperidine rings is 1. The van der Waals surface area contributed by atoms with E-state index in [1.165, 1.54) is 19.3 Å². The summed E-state index contributed by atoms with van der Waals surface area (Å²) in [5.41, 5.74) is 1.01. The molecule has 6 heteroatoms. The van der Waals surface area contributed by atoms with Crippen LogP contribution in [0.2, 0.25) is 0 Å². The van der Waals surface area contributed by atoms with Gasteiger partial charge in [0.05, 0.1) is 13.7 Å². The molecule has 1 atom stereocenters. The quantitative estimate of drug-likeness (QED) is 0.754. The summed E-state index contributed by atoms with van der Waals surface area (Å²) >= 11 is 0. The van der Waals surface area contributed by atoms with Crippen molar-refractivity contribution in [2.45, 2.75) is 38.3 Å². The smallest absolute Gasteiger partial charge is 0.317 e. The van der Waals surface area contributed by atoms with Crippen molar-refractivity contribution in [2.24, 2.45) is 0 Å². The van der Waals surface area contributed by atoms with E-state index >= 15 is 0 Å². The first-order chi connectivity index (χ1) is 12.1. The van der Waals surface area contributed by atoms with Gasteiger partial charge in [0.25, 0.3) is 0 Å². The highest BCUT2D eigenvalue weighted by atomic mass is 16.5. The fourth-order valence-corrected chi connectivity index (χ4v) is 3.29. The first-order valence-corrected chi connectivity index (χ1v) is 9.11. The van der Waals surface area contributed by atoms with E-state index in [1.807, 2.05) is 24.3 Å². The summed E-state index contributed by atoms with van der Waals surface area (Å²) in [5.74, 6) is 0.790. The molecular formula is C19H31N3O3. The number of benzene rings is 1. The SMILES string of the molecule is COc1ccc(CN(CCO)C(=O)NCC[C@H]2CCCCN2C)cc1. The number of hydrogen-bond acceptors (Lipinski definition) is 4. The Labute approximate surface area is 150 Å². The van der Waals surface area contributed by atoms with Gasteiger partial charge < -0.3 is 25.0 Å². The number of ether oxygens (including phenoxy) is 1. The third-order valence-electron chi connectivity index (χ3n) is 4.86. The molecule has 1 fully saturated rings. The average Bonchev–Trinajstić information content (AvgIpc) is 2.63. The lowest BCUT2D eigenvalue weighted by atomic mass is 10.0. The van der Waals surface area contributed by atoms with Crippen LogP contribution in [0.5, 0.6) is 5.75 Å². The Kier molecular flexibility index (Phi) is 8.01. The van der Waals surface area contributed by atoms with Gasteiger partial charge in [0, 0.05) is 25.7 Å². The van der Waals surface area contributed by atoms with Crippen LogP contribution >= 0.6 is 0 Å². The van der Waals surface area contributed by atoms with Gasteiger partial charge in [-0.15, -0.1) is 0 Å². The van der Waals surface area contributed by atoms with Crippen molar-refractivity contribution in [1.82, 2.24) is 15.1 Å². The van der Waals surface area contributed by atoms with Crippen LogP contribution < -0.4 is 10.1 Å². The number of hydrogen-bond donors (Lipinski definition) is 2. The van der Waals surface area contributed by atoms with E-state index in [1.54, 1.807) is 12.0 Å². The molecule has 1 aliphatic rings. The van der Waals surface area contributed by atoms with Gasteiger partial charge in [-0.1, -0.05) is 18.6 Å². The second kappa shape index (κ2) is 10.3. The fraction of sp³-hybridized carbons (Fsp3) is 0.632. The molecule has 2 amide bonds. The minimum atomic E-state index is -0.122. The second-order valence-corrected chi connectivity index (χ2v) is 6.64. The van der Waals surface area contributed by atoms with Gasteiger partial charge in [-0.3, -0.25) is 0 Å². The van der Waals surface area contributed by atoms with Crippen LogP contribution in [0, 0.1) is 0 Å². The van der Waals surface area contributed by atoms with E-state index in [4.69, 9.17) is 4.74 Å². The number of methoxy groups -OCH3 is 1. The molecule has 1 saturated heterocycles. The highest BCUT2D eigenvalue weighted by Crippen LogP contribution is 2.17. The molecule has 1 aliphatic heterocycles. The van der Waals surface area contributed by atoms with Crippen molar-refractivity contribution in [2.75, 3.05) is 40.4 Å². The van der Waals surface area contributed by atoms with Gasteiger partial charge in [-0.2, -0.15) is 0 Å². The van der Waals surface area contributed by atoms with E-state index in [2.05, 4.69) is 17.3 Å². The van der Waals surface area contributed by atoms with E-state index in [0.717, 1.165) is 24.3 Å². The third kappa shape index (κ3) is 6.21. The molecule has 1 heterocycles. The van der Waals surface area contributed by atoms with Crippen LogP contribution in [0.15, 0.2) is 24.3 Å². The topological polar surface area (TPSA) is 65.0 Å². The molecule has 140 valence electrons. The molecule has 0 aromatic heterocycles. The molecular weight excluding hydrogens is 318 g/mol. The van der Waals surface area contributed by atoms with Crippen molar-refractivity contribution in [3.8, 4) is 5.75 Å². The first kappa shape index (κ1) is 19.5. The summed E-state index contributed by atoms with van der Waals surface area (Å²) in [6, 6.07) is 8.07. The van der Waals surface area contributed by atoms with Gasteiger partial charge in [0.15, 0.2) is 0 Å². The lowest BCUT2D eigenvalue weighted by molar-refractivity contribution is 0.163. The minimum absolute atomic E-state index is 0.0467. The Morgan fingerprint density at radius 1 is 1.36 bits per heavy atom. The molecule has 25 heavy (non-hydrogen) atoms. The Bertz CT molecular complexity index is 521. The van der Waals surface area contributed by atoms with Crippen LogP contribution in [0.4, 0.5) is 4.79 Å². The normalized spacial score (nSPS) is 18.0. The Balaban J connectivity index is 1.82. The number of rotatable bonds is 8. The number of nitrogens with zero attached hydrogens (tertiary/aromatic N) is 2. The van der Waals surface area contributed by atoms with E-state index in [-0.39, 0.29) is 12.6 Å². The average molecular weight is 349 g/mol. The monoisotopic (exact) mass is 349 g/mol. The minimum Gasteiger partial charge on any atom is -0.497 e. The number of aliphatic hydroxyl groups excluding tert-OH is 1. The van der Waals surface area contributed by atoms with Crippen LogP contribution in [-0.2, 0) is 6.54 Å². The van der Waals surface area contributed by atoms with Gasteiger partial charge in [0.2, 0.25) is 0 Å². The summed E-state index contributed by atoms with van der Waals surface area (Å²) in [4.78, 5) is 16.5.